The molecule has 114 valence electrons. The first-order valence-electron chi connectivity index (χ1n) is 6.62. The molecular weight excluding hydrogens is 276 g/mol. The molecule has 1 N–H and O–H groups in total. The van der Waals surface area contributed by atoms with Crippen molar-refractivity contribution in [2.24, 2.45) is 0 Å². The van der Waals surface area contributed by atoms with E-state index in [0.29, 0.717) is 0 Å². The van der Waals surface area contributed by atoms with E-state index in [9.17, 15) is 8.42 Å². The fourth-order valence-electron chi connectivity index (χ4n) is 4.31. The number of hydrogen-bond donors (Lipinski definition) is 1. The van der Waals surface area contributed by atoms with E-state index in [-0.39, 0.29) is 15.1 Å². The van der Waals surface area contributed by atoms with Gasteiger partial charge in [-0.25, -0.2) is 0 Å². The SMILES string of the molecule is CC(C)(C)[Si](C=CS(=O)(=O)O)(C(C)(C)C)C(C)(C)C. The Bertz CT molecular complexity index is 407. The maximum atomic E-state index is 11.1. The Kier molecular flexibility index (Phi) is 4.97. The lowest BCUT2D eigenvalue weighted by atomic mass is 10.2. The molecule has 0 aliphatic heterocycles. The van der Waals surface area contributed by atoms with Crippen LogP contribution in [0.1, 0.15) is 62.3 Å². The summed E-state index contributed by atoms with van der Waals surface area (Å²) in [5, 5.41) is 0.932. The lowest BCUT2D eigenvalue weighted by Gasteiger charge is -2.57. The topological polar surface area (TPSA) is 54.4 Å². The van der Waals surface area contributed by atoms with Crippen LogP contribution in [0.5, 0.6) is 0 Å². The lowest BCUT2D eigenvalue weighted by Crippen LogP contribution is -2.57. The summed E-state index contributed by atoms with van der Waals surface area (Å²) in [6, 6.07) is 0. The third kappa shape index (κ3) is 3.92. The monoisotopic (exact) mass is 306 g/mol. The molecule has 0 aromatic carbocycles. The van der Waals surface area contributed by atoms with Gasteiger partial charge in [-0.15, -0.1) is 0 Å². The first kappa shape index (κ1) is 18.9. The van der Waals surface area contributed by atoms with Gasteiger partial charge in [0.15, 0.2) is 0 Å². The van der Waals surface area contributed by atoms with E-state index in [1.54, 1.807) is 0 Å². The summed E-state index contributed by atoms with van der Waals surface area (Å²) in [5.74, 6) is 0. The average molecular weight is 307 g/mol. The molecule has 0 rings (SSSR count). The Balaban J connectivity index is 6.37. The summed E-state index contributed by atoms with van der Waals surface area (Å²) in [5.41, 5.74) is 1.82. The van der Waals surface area contributed by atoms with E-state index in [0.717, 1.165) is 5.41 Å². The largest absolute Gasteiger partial charge is 0.286 e. The van der Waals surface area contributed by atoms with Crippen LogP contribution in [-0.2, 0) is 10.1 Å². The molecule has 0 aliphatic rings. The Labute approximate surface area is 120 Å². The highest BCUT2D eigenvalue weighted by Crippen LogP contribution is 2.62. The highest BCUT2D eigenvalue weighted by atomic mass is 32.2. The third-order valence-electron chi connectivity index (χ3n) is 4.04. The van der Waals surface area contributed by atoms with Gasteiger partial charge in [-0.05, 0) is 15.1 Å². The molecule has 0 amide bonds. The molecule has 0 fully saturated rings. The van der Waals surface area contributed by atoms with Gasteiger partial charge in [0.05, 0.1) is 13.5 Å². The molecule has 0 spiro atoms. The minimum atomic E-state index is -4.08. The van der Waals surface area contributed by atoms with E-state index in [1.165, 1.54) is 0 Å². The van der Waals surface area contributed by atoms with Gasteiger partial charge in [0.2, 0.25) is 0 Å². The number of hydrogen-bond acceptors (Lipinski definition) is 2. The molecule has 0 aromatic rings. The first-order valence-corrected chi connectivity index (χ1v) is 10.2. The molecule has 0 unspecified atom stereocenters. The first-order chi connectivity index (χ1) is 7.96. The van der Waals surface area contributed by atoms with E-state index in [1.807, 2.05) is 5.70 Å². The van der Waals surface area contributed by atoms with E-state index in [2.05, 4.69) is 62.3 Å². The molecule has 19 heavy (non-hydrogen) atoms. The van der Waals surface area contributed by atoms with Crippen LogP contribution < -0.4 is 0 Å². The average Bonchev–Trinajstić information content (AvgIpc) is 1.92. The quantitative estimate of drug-likeness (QED) is 0.590. The summed E-state index contributed by atoms with van der Waals surface area (Å²) in [7, 11) is -6.31. The minimum Gasteiger partial charge on any atom is -0.282 e. The molecule has 0 atom stereocenters. The molecule has 5 heteroatoms. The van der Waals surface area contributed by atoms with Crippen molar-refractivity contribution in [3.63, 3.8) is 0 Å². The maximum absolute atomic E-state index is 11.1. The van der Waals surface area contributed by atoms with Gasteiger partial charge >= 0.3 is 0 Å². The van der Waals surface area contributed by atoms with Crippen molar-refractivity contribution in [2.45, 2.75) is 77.4 Å². The van der Waals surface area contributed by atoms with Crippen LogP contribution in [0.25, 0.3) is 0 Å². The molecule has 0 aromatic heterocycles. The maximum Gasteiger partial charge on any atom is 0.286 e. The highest BCUT2D eigenvalue weighted by molar-refractivity contribution is 7.88. The van der Waals surface area contributed by atoms with Gasteiger partial charge in [0, 0.05) is 0 Å². The minimum absolute atomic E-state index is 0.0231. The fourth-order valence-corrected chi connectivity index (χ4v) is 14.1. The van der Waals surface area contributed by atoms with Crippen LogP contribution in [-0.4, -0.2) is 21.0 Å². The van der Waals surface area contributed by atoms with Crippen molar-refractivity contribution in [1.82, 2.24) is 0 Å². The standard InChI is InChI=1S/C14H30O3SSi/c1-12(2,3)19(13(4,5)6,14(7,8)9)11-10-18(15,16)17/h10-11H,1-9H3,(H,15,16,17). The summed E-state index contributed by atoms with van der Waals surface area (Å²) in [6.45, 7) is 19.5. The van der Waals surface area contributed by atoms with Crippen molar-refractivity contribution < 1.29 is 13.0 Å². The van der Waals surface area contributed by atoms with Gasteiger partial charge in [-0.3, -0.25) is 4.55 Å². The van der Waals surface area contributed by atoms with Crippen molar-refractivity contribution in [3.05, 3.63) is 11.1 Å². The van der Waals surface area contributed by atoms with Crippen molar-refractivity contribution in [2.75, 3.05) is 0 Å². The van der Waals surface area contributed by atoms with E-state index >= 15 is 0 Å². The summed E-state index contributed by atoms with van der Waals surface area (Å²) < 4.78 is 31.4. The van der Waals surface area contributed by atoms with Gasteiger partial charge in [-0.1, -0.05) is 68.0 Å². The smallest absolute Gasteiger partial charge is 0.282 e. The van der Waals surface area contributed by atoms with Crippen molar-refractivity contribution >= 4 is 18.2 Å². The molecule has 0 saturated carbocycles. The highest BCUT2D eigenvalue weighted by Gasteiger charge is 2.57. The predicted molar refractivity (Wildman–Crippen MR) is 85.6 cm³/mol. The third-order valence-corrected chi connectivity index (χ3v) is 12.5. The molecule has 0 radical (unpaired) electrons. The zero-order chi connectivity index (χ0) is 15.9. The van der Waals surface area contributed by atoms with Crippen LogP contribution in [0, 0.1) is 0 Å². The number of rotatable bonds is 2. The second kappa shape index (κ2) is 5.01. The Hall–Kier alpha value is -0.133. The fraction of sp³-hybridized carbons (Fsp3) is 0.857. The second-order valence-electron chi connectivity index (χ2n) is 8.38. The van der Waals surface area contributed by atoms with E-state index in [4.69, 9.17) is 4.55 Å². The van der Waals surface area contributed by atoms with Crippen LogP contribution in [0.4, 0.5) is 0 Å². The van der Waals surface area contributed by atoms with Crippen LogP contribution >= 0.6 is 0 Å². The summed E-state index contributed by atoms with van der Waals surface area (Å²) in [6.07, 6.45) is 0. The normalized spacial score (nSPS) is 16.1. The van der Waals surface area contributed by atoms with Gasteiger partial charge in [-0.2, -0.15) is 8.42 Å². The van der Waals surface area contributed by atoms with Gasteiger partial charge < -0.3 is 0 Å². The molecule has 0 heterocycles. The van der Waals surface area contributed by atoms with Crippen molar-refractivity contribution in [1.29, 1.82) is 0 Å². The molecule has 0 bridgehead atoms. The molecule has 0 saturated heterocycles. The van der Waals surface area contributed by atoms with Gasteiger partial charge in [0.25, 0.3) is 10.1 Å². The lowest BCUT2D eigenvalue weighted by molar-refractivity contribution is 0.494. The summed E-state index contributed by atoms with van der Waals surface area (Å²) >= 11 is 0. The molecule has 0 aliphatic carbocycles. The predicted octanol–water partition coefficient (Wildman–Crippen LogP) is 4.78. The molecule has 3 nitrogen and oxygen atoms in total. The van der Waals surface area contributed by atoms with Crippen LogP contribution in [0.2, 0.25) is 15.1 Å². The Morgan fingerprint density at radius 3 is 1.21 bits per heavy atom. The molecular formula is C14H30O3SSi. The Morgan fingerprint density at radius 2 is 1.05 bits per heavy atom. The van der Waals surface area contributed by atoms with Crippen LogP contribution in [0.15, 0.2) is 11.1 Å². The van der Waals surface area contributed by atoms with Crippen LogP contribution in [0.3, 0.4) is 0 Å². The van der Waals surface area contributed by atoms with Gasteiger partial charge in [0.1, 0.15) is 0 Å². The summed E-state index contributed by atoms with van der Waals surface area (Å²) in [4.78, 5) is 0. The zero-order valence-electron chi connectivity index (χ0n) is 13.8. The van der Waals surface area contributed by atoms with Crippen molar-refractivity contribution in [3.8, 4) is 0 Å². The Morgan fingerprint density at radius 1 is 0.789 bits per heavy atom. The van der Waals surface area contributed by atoms with E-state index < -0.39 is 18.2 Å². The zero-order valence-corrected chi connectivity index (χ0v) is 15.6. The second-order valence-corrected chi connectivity index (χ2v) is 16.1.